The van der Waals surface area contributed by atoms with Crippen LogP contribution in [0.3, 0.4) is 0 Å². The van der Waals surface area contributed by atoms with Gasteiger partial charge in [0.15, 0.2) is 17.4 Å². The van der Waals surface area contributed by atoms with Crippen LogP contribution < -0.4 is 10.2 Å². The largest absolute Gasteiger partial charge is 0.432 e. The average Bonchev–Trinajstić information content (AvgIpc) is 2.32. The number of ether oxygens (including phenoxy) is 1. The summed E-state index contributed by atoms with van der Waals surface area (Å²) in [7, 11) is 0.919. The van der Waals surface area contributed by atoms with Crippen LogP contribution in [0, 0.1) is 11.6 Å². The summed E-state index contributed by atoms with van der Waals surface area (Å²) in [6.45, 7) is 2.87. The van der Waals surface area contributed by atoms with Gasteiger partial charge in [-0.2, -0.15) is 13.2 Å². The second-order valence-corrected chi connectivity index (χ2v) is 5.46. The zero-order valence-corrected chi connectivity index (χ0v) is 12.1. The molecule has 0 atom stereocenters. The highest BCUT2D eigenvalue weighted by Crippen LogP contribution is 2.25. The van der Waals surface area contributed by atoms with Crippen molar-refractivity contribution in [3.63, 3.8) is 0 Å². The fourth-order valence-corrected chi connectivity index (χ4v) is 1.18. The van der Waals surface area contributed by atoms with Crippen molar-refractivity contribution < 1.29 is 32.1 Å². The zero-order chi connectivity index (χ0) is 16.4. The van der Waals surface area contributed by atoms with Gasteiger partial charge in [0.1, 0.15) is 0 Å². The van der Waals surface area contributed by atoms with Crippen molar-refractivity contribution in [1.29, 1.82) is 0 Å². The second kappa shape index (κ2) is 6.23. The maximum Gasteiger partial charge on any atom is 0.387 e. The fraction of sp³-hybridized carbons (Fsp3) is 0.538. The number of hydrogen-bond acceptors (Lipinski definition) is 3. The Morgan fingerprint density at radius 1 is 1.10 bits per heavy atom. The number of aliphatic hydroxyl groups is 1. The third-order valence-electron chi connectivity index (χ3n) is 3.25. The lowest BCUT2D eigenvalue weighted by Gasteiger charge is -2.37. The first-order chi connectivity index (χ1) is 9.45. The molecule has 0 unspecified atom stereocenters. The van der Waals surface area contributed by atoms with E-state index in [2.05, 4.69) is 4.74 Å². The molecule has 117 valence electrons. The normalized spacial score (nSPS) is 12.7. The number of benzene rings is 1. The van der Waals surface area contributed by atoms with Gasteiger partial charge in [-0.15, -0.1) is 0 Å². The standard InChI is InChI=1S/C13H16BF4O3/c1-12(2,19)13(3,4)21-14-7-5-6-8(20-11(17)18)10(16)9(7)15/h5-6,11,19H,1-4H3. The van der Waals surface area contributed by atoms with Gasteiger partial charge >= 0.3 is 14.1 Å². The molecule has 0 saturated carbocycles. The first kappa shape index (κ1) is 17.8. The summed E-state index contributed by atoms with van der Waals surface area (Å²) in [6, 6.07) is 1.91. The lowest BCUT2D eigenvalue weighted by molar-refractivity contribution is -0.0893. The Balaban J connectivity index is 2.89. The lowest BCUT2D eigenvalue weighted by atomic mass is 9.82. The number of hydrogen-bond donors (Lipinski definition) is 1. The molecular weight excluding hydrogens is 291 g/mol. The summed E-state index contributed by atoms with van der Waals surface area (Å²) in [5.41, 5.74) is -2.60. The predicted octanol–water partition coefficient (Wildman–Crippen LogP) is 2.38. The molecule has 0 aliphatic heterocycles. The first-order valence-electron chi connectivity index (χ1n) is 6.12. The summed E-state index contributed by atoms with van der Waals surface area (Å²) >= 11 is 0. The van der Waals surface area contributed by atoms with E-state index in [1.165, 1.54) is 13.8 Å². The fourth-order valence-electron chi connectivity index (χ4n) is 1.18. The van der Waals surface area contributed by atoms with Crippen LogP contribution in [0.2, 0.25) is 0 Å². The summed E-state index contributed by atoms with van der Waals surface area (Å²) in [5, 5.41) is 9.87. The Labute approximate surface area is 121 Å². The summed E-state index contributed by atoms with van der Waals surface area (Å²) in [6.07, 6.45) is 0. The molecule has 1 rings (SSSR count). The van der Waals surface area contributed by atoms with E-state index in [4.69, 9.17) is 4.65 Å². The van der Waals surface area contributed by atoms with Crippen molar-refractivity contribution in [2.24, 2.45) is 0 Å². The van der Waals surface area contributed by atoms with E-state index in [1.807, 2.05) is 0 Å². The molecule has 0 saturated heterocycles. The van der Waals surface area contributed by atoms with E-state index in [0.717, 1.165) is 19.6 Å². The smallest absolute Gasteiger partial charge is 0.387 e. The minimum Gasteiger partial charge on any atom is -0.432 e. The molecule has 1 aromatic carbocycles. The molecule has 1 radical (unpaired) electrons. The molecule has 21 heavy (non-hydrogen) atoms. The third kappa shape index (κ3) is 4.34. The van der Waals surface area contributed by atoms with E-state index in [-0.39, 0.29) is 5.46 Å². The maximum atomic E-state index is 13.7. The molecule has 0 fully saturated rings. The van der Waals surface area contributed by atoms with Gasteiger partial charge < -0.3 is 14.5 Å². The van der Waals surface area contributed by atoms with E-state index in [0.29, 0.717) is 0 Å². The Kier molecular flexibility index (Phi) is 5.27. The first-order valence-corrected chi connectivity index (χ1v) is 6.12. The van der Waals surface area contributed by atoms with Gasteiger partial charge in [0.25, 0.3) is 0 Å². The minimum absolute atomic E-state index is 0.286. The van der Waals surface area contributed by atoms with Gasteiger partial charge in [0.2, 0.25) is 0 Å². The molecule has 1 N–H and O–H groups in total. The van der Waals surface area contributed by atoms with Crippen molar-refractivity contribution in [3.05, 3.63) is 23.8 Å². The molecule has 8 heteroatoms. The van der Waals surface area contributed by atoms with Crippen LogP contribution in [0.25, 0.3) is 0 Å². The van der Waals surface area contributed by atoms with Gasteiger partial charge in [0.05, 0.1) is 11.2 Å². The highest BCUT2D eigenvalue weighted by atomic mass is 19.3. The summed E-state index contributed by atoms with van der Waals surface area (Å²) in [5.74, 6) is -3.80. The topological polar surface area (TPSA) is 38.7 Å². The molecule has 0 bridgehead atoms. The molecule has 0 aliphatic carbocycles. The monoisotopic (exact) mass is 307 g/mol. The number of alkyl halides is 2. The van der Waals surface area contributed by atoms with Gasteiger partial charge in [-0.25, -0.2) is 4.39 Å². The minimum atomic E-state index is -3.25. The van der Waals surface area contributed by atoms with E-state index in [9.17, 15) is 22.7 Å². The molecule has 0 amide bonds. The van der Waals surface area contributed by atoms with Crippen molar-refractivity contribution in [1.82, 2.24) is 0 Å². The highest BCUT2D eigenvalue weighted by Gasteiger charge is 2.36. The van der Waals surface area contributed by atoms with Crippen LogP contribution in [-0.4, -0.2) is 30.4 Å². The number of rotatable bonds is 6. The van der Waals surface area contributed by atoms with E-state index in [1.54, 1.807) is 13.8 Å². The Morgan fingerprint density at radius 3 is 2.14 bits per heavy atom. The molecule has 0 heterocycles. The van der Waals surface area contributed by atoms with Crippen LogP contribution in [0.5, 0.6) is 5.75 Å². The van der Waals surface area contributed by atoms with Crippen LogP contribution in [-0.2, 0) is 4.65 Å². The molecule has 0 spiro atoms. The van der Waals surface area contributed by atoms with Gasteiger partial charge in [0, 0.05) is 0 Å². The Hall–Kier alpha value is -1.28. The molecule has 3 nitrogen and oxygen atoms in total. The molecule has 1 aromatic rings. The molecule has 0 aromatic heterocycles. The molecule has 0 aliphatic rings. The lowest BCUT2D eigenvalue weighted by Crippen LogP contribution is -2.49. The third-order valence-corrected chi connectivity index (χ3v) is 3.25. The van der Waals surface area contributed by atoms with Gasteiger partial charge in [-0.1, -0.05) is 6.07 Å². The Morgan fingerprint density at radius 2 is 1.67 bits per heavy atom. The number of halogens is 4. The summed E-state index contributed by atoms with van der Waals surface area (Å²) < 4.78 is 60.3. The van der Waals surface area contributed by atoms with E-state index < -0.39 is 35.2 Å². The van der Waals surface area contributed by atoms with Crippen molar-refractivity contribution in [2.45, 2.75) is 45.5 Å². The van der Waals surface area contributed by atoms with Crippen LogP contribution >= 0.6 is 0 Å². The average molecular weight is 307 g/mol. The van der Waals surface area contributed by atoms with Crippen LogP contribution in [0.4, 0.5) is 17.6 Å². The van der Waals surface area contributed by atoms with Crippen LogP contribution in [0.15, 0.2) is 12.1 Å². The zero-order valence-electron chi connectivity index (χ0n) is 12.1. The highest BCUT2D eigenvalue weighted by molar-refractivity contribution is 6.47. The summed E-state index contributed by atoms with van der Waals surface area (Å²) in [4.78, 5) is 0. The van der Waals surface area contributed by atoms with Crippen LogP contribution in [0.1, 0.15) is 27.7 Å². The second-order valence-electron chi connectivity index (χ2n) is 5.46. The SMILES string of the molecule is CC(C)(O)C(C)(C)O[B]c1ccc(OC(F)F)c(F)c1F. The molecular formula is C13H16BF4O3. The quantitative estimate of drug-likeness (QED) is 0.648. The Bertz CT molecular complexity index is 501. The van der Waals surface area contributed by atoms with Crippen molar-refractivity contribution in [3.8, 4) is 5.75 Å². The van der Waals surface area contributed by atoms with Gasteiger partial charge in [-0.05, 0) is 39.2 Å². The maximum absolute atomic E-state index is 13.7. The van der Waals surface area contributed by atoms with Crippen molar-refractivity contribution in [2.75, 3.05) is 0 Å². The van der Waals surface area contributed by atoms with Gasteiger partial charge in [-0.3, -0.25) is 0 Å². The van der Waals surface area contributed by atoms with E-state index >= 15 is 0 Å². The van der Waals surface area contributed by atoms with Crippen molar-refractivity contribution >= 4 is 12.9 Å². The predicted molar refractivity (Wildman–Crippen MR) is 69.8 cm³/mol.